The summed E-state index contributed by atoms with van der Waals surface area (Å²) in [6, 6.07) is 9.29. The second-order valence-corrected chi connectivity index (χ2v) is 5.32. The van der Waals surface area contributed by atoms with E-state index in [0.29, 0.717) is 13.2 Å². The van der Waals surface area contributed by atoms with Crippen LogP contribution in [0.15, 0.2) is 30.3 Å². The van der Waals surface area contributed by atoms with Gasteiger partial charge in [0.15, 0.2) is 0 Å². The first-order chi connectivity index (χ1) is 10.6. The number of hydrogen-bond donors (Lipinski definition) is 1. The maximum absolute atomic E-state index is 12.1. The average molecular weight is 307 g/mol. The van der Waals surface area contributed by atoms with E-state index in [1.807, 2.05) is 30.3 Å². The zero-order chi connectivity index (χ0) is 15.6. The number of carboxylic acid groups (broad SMARTS) is 1. The number of nitrogens with zero attached hydrogens (tertiary/aromatic N) is 1. The van der Waals surface area contributed by atoms with E-state index in [4.69, 9.17) is 14.2 Å². The van der Waals surface area contributed by atoms with Gasteiger partial charge in [-0.05, 0) is 5.56 Å². The first-order valence-corrected chi connectivity index (χ1v) is 7.07. The third-order valence-corrected chi connectivity index (χ3v) is 3.88. The topological polar surface area (TPSA) is 85.3 Å². The van der Waals surface area contributed by atoms with Gasteiger partial charge in [0.1, 0.15) is 12.5 Å². The van der Waals surface area contributed by atoms with Crippen molar-refractivity contribution in [1.82, 2.24) is 4.90 Å². The summed E-state index contributed by atoms with van der Waals surface area (Å²) in [5.41, 5.74) is 0.868. The highest BCUT2D eigenvalue weighted by molar-refractivity contribution is 5.75. The van der Waals surface area contributed by atoms with Gasteiger partial charge in [-0.2, -0.15) is 0 Å². The second kappa shape index (κ2) is 5.94. The molecule has 2 saturated heterocycles. The normalized spacial score (nSPS) is 22.9. The first-order valence-electron chi connectivity index (χ1n) is 7.07. The van der Waals surface area contributed by atoms with Crippen molar-refractivity contribution in [2.24, 2.45) is 5.92 Å². The minimum atomic E-state index is -1.24. The summed E-state index contributed by atoms with van der Waals surface area (Å²) in [5.74, 6) is -3.18. The van der Waals surface area contributed by atoms with E-state index in [9.17, 15) is 14.7 Å². The lowest BCUT2D eigenvalue weighted by molar-refractivity contribution is -0.189. The summed E-state index contributed by atoms with van der Waals surface area (Å²) in [5, 5.41) is 9.31. The molecule has 2 aliphatic heterocycles. The van der Waals surface area contributed by atoms with Crippen LogP contribution in [0.5, 0.6) is 0 Å². The van der Waals surface area contributed by atoms with Crippen LogP contribution in [-0.4, -0.2) is 54.2 Å². The average Bonchev–Trinajstić information content (AvgIpc) is 3.14. The van der Waals surface area contributed by atoms with Crippen LogP contribution in [0.25, 0.3) is 0 Å². The molecule has 3 rings (SSSR count). The zero-order valence-electron chi connectivity index (χ0n) is 11.9. The zero-order valence-corrected chi connectivity index (χ0v) is 11.9. The van der Waals surface area contributed by atoms with E-state index in [1.165, 1.54) is 4.90 Å². The molecule has 1 spiro atoms. The van der Waals surface area contributed by atoms with Gasteiger partial charge in [0.2, 0.25) is 5.79 Å². The third kappa shape index (κ3) is 2.77. The van der Waals surface area contributed by atoms with E-state index in [1.54, 1.807) is 0 Å². The highest BCUT2D eigenvalue weighted by Crippen LogP contribution is 2.36. The Morgan fingerprint density at radius 3 is 2.59 bits per heavy atom. The third-order valence-electron chi connectivity index (χ3n) is 3.88. The molecule has 1 aromatic rings. The van der Waals surface area contributed by atoms with Gasteiger partial charge in [-0.3, -0.25) is 4.79 Å². The molecule has 7 heteroatoms. The van der Waals surface area contributed by atoms with Crippen LogP contribution in [0.3, 0.4) is 0 Å². The summed E-state index contributed by atoms with van der Waals surface area (Å²) < 4.78 is 16.2. The van der Waals surface area contributed by atoms with Crippen LogP contribution in [0, 0.1) is 5.92 Å². The maximum atomic E-state index is 12.1. The molecule has 1 unspecified atom stereocenters. The van der Waals surface area contributed by atoms with Gasteiger partial charge in [-0.1, -0.05) is 30.3 Å². The van der Waals surface area contributed by atoms with E-state index < -0.39 is 23.8 Å². The summed E-state index contributed by atoms with van der Waals surface area (Å²) in [6.45, 7) is 0.885. The number of likely N-dealkylation sites (tertiary alicyclic amines) is 1. The van der Waals surface area contributed by atoms with E-state index in [2.05, 4.69) is 0 Å². The number of hydrogen-bond acceptors (Lipinski definition) is 5. The molecular formula is C15H17NO6. The molecule has 7 nitrogen and oxygen atoms in total. The van der Waals surface area contributed by atoms with Crippen molar-refractivity contribution in [2.75, 3.05) is 26.3 Å². The molecule has 0 radical (unpaired) electrons. The Labute approximate surface area is 127 Å². The lowest BCUT2D eigenvalue weighted by atomic mass is 10.0. The van der Waals surface area contributed by atoms with Gasteiger partial charge >= 0.3 is 12.1 Å². The van der Waals surface area contributed by atoms with Gasteiger partial charge in [0.05, 0.1) is 19.8 Å². The lowest BCUT2D eigenvalue weighted by Gasteiger charge is -2.25. The molecule has 22 heavy (non-hydrogen) atoms. The Morgan fingerprint density at radius 1 is 1.27 bits per heavy atom. The Balaban J connectivity index is 1.63. The van der Waals surface area contributed by atoms with Crippen molar-refractivity contribution >= 4 is 12.1 Å². The summed E-state index contributed by atoms with van der Waals surface area (Å²) in [7, 11) is 0. The Hall–Kier alpha value is -2.12. The number of carbonyl (C=O) groups excluding carboxylic acids is 1. The largest absolute Gasteiger partial charge is 0.481 e. The van der Waals surface area contributed by atoms with Crippen molar-refractivity contribution in [2.45, 2.75) is 12.4 Å². The quantitative estimate of drug-likeness (QED) is 0.899. The van der Waals surface area contributed by atoms with Crippen molar-refractivity contribution in [1.29, 1.82) is 0 Å². The fourth-order valence-electron chi connectivity index (χ4n) is 2.78. The van der Waals surface area contributed by atoms with Crippen LogP contribution >= 0.6 is 0 Å². The van der Waals surface area contributed by atoms with Crippen LogP contribution < -0.4 is 0 Å². The van der Waals surface area contributed by atoms with Crippen molar-refractivity contribution in [3.05, 3.63) is 35.9 Å². The van der Waals surface area contributed by atoms with Gasteiger partial charge < -0.3 is 24.2 Å². The van der Waals surface area contributed by atoms with Gasteiger partial charge in [-0.15, -0.1) is 0 Å². The summed E-state index contributed by atoms with van der Waals surface area (Å²) in [6.07, 6.45) is -0.564. The molecule has 118 valence electrons. The fourth-order valence-corrected chi connectivity index (χ4v) is 2.78. The molecule has 1 N–H and O–H groups in total. The summed E-state index contributed by atoms with van der Waals surface area (Å²) >= 11 is 0. The van der Waals surface area contributed by atoms with E-state index >= 15 is 0 Å². The van der Waals surface area contributed by atoms with E-state index in [-0.39, 0.29) is 19.7 Å². The highest BCUT2D eigenvalue weighted by Gasteiger charge is 2.56. The predicted molar refractivity (Wildman–Crippen MR) is 74.0 cm³/mol. The van der Waals surface area contributed by atoms with Gasteiger partial charge in [0.25, 0.3) is 0 Å². The van der Waals surface area contributed by atoms with Crippen LogP contribution in [-0.2, 0) is 25.6 Å². The molecule has 2 aliphatic rings. The molecule has 1 atom stereocenters. The maximum Gasteiger partial charge on any atom is 0.410 e. The first kappa shape index (κ1) is 14.8. The molecule has 1 amide bonds. The molecule has 2 fully saturated rings. The standard InChI is InChI=1S/C15H17NO6/c17-13(18)12-8-16(10-15(12)21-6-7-22-15)14(19)20-9-11-4-2-1-3-5-11/h1-5,12H,6-10H2,(H,17,18). The monoisotopic (exact) mass is 307 g/mol. The SMILES string of the molecule is O=C(O)C1CN(C(=O)OCc2ccccc2)CC12OCCO2. The minimum Gasteiger partial charge on any atom is -0.481 e. The van der Waals surface area contributed by atoms with Crippen molar-refractivity contribution in [3.63, 3.8) is 0 Å². The van der Waals surface area contributed by atoms with Crippen molar-refractivity contribution < 1.29 is 28.9 Å². The molecular weight excluding hydrogens is 290 g/mol. The Kier molecular flexibility index (Phi) is 4.00. The second-order valence-electron chi connectivity index (χ2n) is 5.32. The van der Waals surface area contributed by atoms with E-state index in [0.717, 1.165) is 5.56 Å². The number of ether oxygens (including phenoxy) is 3. The van der Waals surface area contributed by atoms with Crippen LogP contribution in [0.4, 0.5) is 4.79 Å². The molecule has 0 aromatic heterocycles. The number of benzene rings is 1. The summed E-state index contributed by atoms with van der Waals surface area (Å²) in [4.78, 5) is 24.8. The fraction of sp³-hybridized carbons (Fsp3) is 0.467. The molecule has 0 saturated carbocycles. The lowest BCUT2D eigenvalue weighted by Crippen LogP contribution is -2.43. The predicted octanol–water partition coefficient (Wildman–Crippen LogP) is 1.08. The molecule has 0 bridgehead atoms. The highest BCUT2D eigenvalue weighted by atomic mass is 16.7. The Morgan fingerprint density at radius 2 is 1.95 bits per heavy atom. The van der Waals surface area contributed by atoms with Gasteiger partial charge in [-0.25, -0.2) is 4.79 Å². The number of rotatable bonds is 3. The number of carbonyl (C=O) groups is 2. The van der Waals surface area contributed by atoms with Crippen LogP contribution in [0.1, 0.15) is 5.56 Å². The molecule has 2 heterocycles. The molecule has 1 aromatic carbocycles. The number of aliphatic carboxylic acids is 1. The van der Waals surface area contributed by atoms with Crippen molar-refractivity contribution in [3.8, 4) is 0 Å². The van der Waals surface area contributed by atoms with Crippen LogP contribution in [0.2, 0.25) is 0 Å². The smallest absolute Gasteiger partial charge is 0.410 e. The number of amides is 1. The number of carboxylic acids is 1. The van der Waals surface area contributed by atoms with Gasteiger partial charge in [0, 0.05) is 6.54 Å². The molecule has 0 aliphatic carbocycles. The minimum absolute atomic E-state index is 0.0168. The Bertz CT molecular complexity index is 554.